The number of rotatable bonds is 4. The summed E-state index contributed by atoms with van der Waals surface area (Å²) in [4.78, 5) is 13.9. The number of carbonyl (C=O) groups is 1. The van der Waals surface area contributed by atoms with Crippen LogP contribution in [0.15, 0.2) is 24.3 Å². The normalized spacial score (nSPS) is 16.2. The Kier molecular flexibility index (Phi) is 5.08. The number of nitrogens with zero attached hydrogens (tertiary/aromatic N) is 1. The van der Waals surface area contributed by atoms with Gasteiger partial charge in [-0.15, -0.1) is 0 Å². The van der Waals surface area contributed by atoms with Crippen molar-refractivity contribution in [3.63, 3.8) is 0 Å². The molecule has 110 valence electrons. The summed E-state index contributed by atoms with van der Waals surface area (Å²) < 4.78 is 29.3. The Morgan fingerprint density at radius 3 is 2.25 bits per heavy atom. The summed E-state index contributed by atoms with van der Waals surface area (Å²) in [5.74, 6) is 0.174. The molecule has 1 aliphatic heterocycles. The van der Waals surface area contributed by atoms with Crippen molar-refractivity contribution in [3.8, 4) is 0 Å². The second-order valence-electron chi connectivity index (χ2n) is 5.15. The fourth-order valence-electron chi connectivity index (χ4n) is 2.41. The van der Waals surface area contributed by atoms with Gasteiger partial charge in [-0.25, -0.2) is 0 Å². The summed E-state index contributed by atoms with van der Waals surface area (Å²) in [6.45, 7) is 1.72. The van der Waals surface area contributed by atoms with Crippen LogP contribution in [0.1, 0.15) is 31.2 Å². The first-order chi connectivity index (χ1) is 9.47. The van der Waals surface area contributed by atoms with Gasteiger partial charge in [0.1, 0.15) is 0 Å². The van der Waals surface area contributed by atoms with Crippen molar-refractivity contribution < 1.29 is 16.7 Å². The molecule has 5 nitrogen and oxygen atoms in total. The molecule has 0 saturated carbocycles. The Morgan fingerprint density at radius 1 is 1.10 bits per heavy atom. The molecule has 0 aromatic heterocycles. The fourth-order valence-corrected chi connectivity index (χ4v) is 3.54. The second kappa shape index (κ2) is 6.61. The average molecular weight is 341 g/mol. The van der Waals surface area contributed by atoms with E-state index >= 15 is 0 Å². The topological polar surface area (TPSA) is 77.8 Å². The van der Waals surface area contributed by atoms with Crippen molar-refractivity contribution in [1.82, 2.24) is 4.90 Å². The van der Waals surface area contributed by atoms with Crippen LogP contribution in [-0.2, 0) is 15.0 Å². The van der Waals surface area contributed by atoms with Gasteiger partial charge < -0.3 is 0 Å². The van der Waals surface area contributed by atoms with E-state index < -0.39 is 14.2 Å². The molecule has 0 radical (unpaired) electrons. The zero-order valence-electron chi connectivity index (χ0n) is 11.4. The van der Waals surface area contributed by atoms with Crippen LogP contribution in [0.3, 0.4) is 0 Å². The van der Waals surface area contributed by atoms with E-state index in [4.69, 9.17) is 8.19 Å². The average Bonchev–Trinajstić information content (AvgIpc) is 2.45. The Balaban J connectivity index is 1.87. The molecule has 0 bridgehead atoms. The van der Waals surface area contributed by atoms with Gasteiger partial charge in [-0.2, -0.15) is 0 Å². The van der Waals surface area contributed by atoms with Gasteiger partial charge in [0.05, 0.1) is 0 Å². The van der Waals surface area contributed by atoms with Crippen LogP contribution >= 0.6 is 0 Å². The summed E-state index contributed by atoms with van der Waals surface area (Å²) in [7, 11) is 0. The fraction of sp³-hybridized carbons (Fsp3) is 0.500. The molecule has 1 saturated heterocycles. The minimum atomic E-state index is -4.79. The molecule has 1 amide bonds. The molecule has 1 fully saturated rings. The van der Waals surface area contributed by atoms with Gasteiger partial charge in [0.25, 0.3) is 0 Å². The summed E-state index contributed by atoms with van der Waals surface area (Å²) in [6.07, 6.45) is 4.45. The summed E-state index contributed by atoms with van der Waals surface area (Å²) in [6, 6.07) is 6.31. The number of piperidine rings is 1. The molecule has 20 heavy (non-hydrogen) atoms. The molecule has 2 rings (SSSR count). The van der Waals surface area contributed by atoms with Gasteiger partial charge in [0, 0.05) is 0 Å². The summed E-state index contributed by atoms with van der Waals surface area (Å²) in [5.41, 5.74) is 0.933. The van der Waals surface area contributed by atoms with Gasteiger partial charge >= 0.3 is 121 Å². The third kappa shape index (κ3) is 4.23. The van der Waals surface area contributed by atoms with Crippen LogP contribution in [0, 0.1) is 0 Å². The van der Waals surface area contributed by atoms with E-state index in [0.717, 1.165) is 31.5 Å². The molecule has 0 aliphatic carbocycles. The van der Waals surface area contributed by atoms with Gasteiger partial charge in [-0.05, 0) is 0 Å². The van der Waals surface area contributed by atoms with Crippen molar-refractivity contribution in [2.24, 2.45) is 0 Å². The first kappa shape index (κ1) is 15.4. The van der Waals surface area contributed by atoms with Crippen molar-refractivity contribution in [3.05, 3.63) is 29.8 Å². The number of benzene rings is 1. The molecule has 1 heterocycles. The molecular formula is C14H20AsNO4. The van der Waals surface area contributed by atoms with Crippen LogP contribution in [0.4, 0.5) is 0 Å². The Morgan fingerprint density at radius 2 is 1.70 bits per heavy atom. The van der Waals surface area contributed by atoms with E-state index in [1.807, 2.05) is 4.90 Å². The van der Waals surface area contributed by atoms with Gasteiger partial charge in [0.15, 0.2) is 0 Å². The van der Waals surface area contributed by atoms with E-state index in [0.29, 0.717) is 12.8 Å². The predicted octanol–water partition coefficient (Wildman–Crippen LogP) is 0.193. The Hall–Kier alpha value is -1.03. The second-order valence-corrected chi connectivity index (χ2v) is 8.52. The molecule has 6 heteroatoms. The van der Waals surface area contributed by atoms with Gasteiger partial charge in [-0.3, -0.25) is 0 Å². The molecule has 1 aromatic carbocycles. The van der Waals surface area contributed by atoms with Crippen LogP contribution in [-0.4, -0.2) is 46.3 Å². The van der Waals surface area contributed by atoms with Crippen molar-refractivity contribution in [2.45, 2.75) is 32.1 Å². The molecular weight excluding hydrogens is 321 g/mol. The number of hydrogen-bond donors (Lipinski definition) is 2. The Labute approximate surface area is 121 Å². The molecule has 0 atom stereocenters. The minimum absolute atomic E-state index is 0.0780. The maximum atomic E-state index is 12.0. The number of aryl methyl sites for hydroxylation is 1. The molecule has 1 aromatic rings. The van der Waals surface area contributed by atoms with E-state index in [9.17, 15) is 8.53 Å². The molecule has 0 spiro atoms. The predicted molar refractivity (Wildman–Crippen MR) is 75.7 cm³/mol. The standard InChI is InChI=1S/C14H20AsNO4/c17-14(16-10-2-1-3-11-16)9-6-12-4-7-13(8-5-12)15(18,19)20/h4-5,7-8H,1-3,6,9-11H2,(H2,18,19,20). The molecule has 1 aliphatic rings. The Bertz CT molecular complexity index is 502. The molecule has 2 N–H and O–H groups in total. The van der Waals surface area contributed by atoms with Crippen LogP contribution in [0.25, 0.3) is 0 Å². The maximum absolute atomic E-state index is 12.0. The quantitative estimate of drug-likeness (QED) is 0.767. The van der Waals surface area contributed by atoms with Crippen molar-refractivity contribution in [2.75, 3.05) is 13.1 Å². The van der Waals surface area contributed by atoms with Crippen molar-refractivity contribution >= 4 is 24.4 Å². The van der Waals surface area contributed by atoms with E-state index in [2.05, 4.69) is 0 Å². The van der Waals surface area contributed by atoms with Crippen molar-refractivity contribution in [1.29, 1.82) is 0 Å². The molecule has 0 unspecified atom stereocenters. The first-order valence-electron chi connectivity index (χ1n) is 6.89. The van der Waals surface area contributed by atoms with Gasteiger partial charge in [-0.1, -0.05) is 0 Å². The monoisotopic (exact) mass is 341 g/mol. The van der Waals surface area contributed by atoms with Crippen LogP contribution in [0.5, 0.6) is 0 Å². The number of amides is 1. The van der Waals surface area contributed by atoms with E-state index in [1.165, 1.54) is 18.6 Å². The van der Waals surface area contributed by atoms with E-state index in [1.54, 1.807) is 12.1 Å². The van der Waals surface area contributed by atoms with E-state index in [-0.39, 0.29) is 10.3 Å². The van der Waals surface area contributed by atoms with Crippen LogP contribution in [0.2, 0.25) is 0 Å². The summed E-state index contributed by atoms with van der Waals surface area (Å²) in [5, 5.41) is 0. The van der Waals surface area contributed by atoms with Crippen LogP contribution < -0.4 is 4.35 Å². The zero-order valence-corrected chi connectivity index (χ0v) is 13.2. The number of carbonyl (C=O) groups excluding carboxylic acids is 1. The number of likely N-dealkylation sites (tertiary alicyclic amines) is 1. The first-order valence-corrected chi connectivity index (χ1v) is 10.3. The SMILES string of the molecule is O=C(CCc1ccc([As](=O)(O)O)cc1)N1CCCCC1. The zero-order chi connectivity index (χ0) is 14.6. The third-order valence-electron chi connectivity index (χ3n) is 3.61. The summed E-state index contributed by atoms with van der Waals surface area (Å²) >= 11 is -4.79. The van der Waals surface area contributed by atoms with Gasteiger partial charge in [0.2, 0.25) is 0 Å². The number of hydrogen-bond acceptors (Lipinski definition) is 2. The third-order valence-corrected chi connectivity index (χ3v) is 5.65.